The third-order valence-corrected chi connectivity index (χ3v) is 5.56. The molecule has 2 rings (SSSR count). The van der Waals surface area contributed by atoms with E-state index in [9.17, 15) is 0 Å². The topological polar surface area (TPSA) is 42.9 Å². The first-order valence-electron chi connectivity index (χ1n) is 11.3. The number of likely N-dealkylation sites (tertiary alicyclic amines) is 1. The van der Waals surface area contributed by atoms with Gasteiger partial charge in [0.25, 0.3) is 0 Å². The van der Waals surface area contributed by atoms with Crippen molar-refractivity contribution >= 4 is 5.96 Å². The zero-order valence-corrected chi connectivity index (χ0v) is 18.5. The zero-order chi connectivity index (χ0) is 20.2. The highest BCUT2D eigenvalue weighted by molar-refractivity contribution is 5.80. The van der Waals surface area contributed by atoms with Crippen LogP contribution in [0.25, 0.3) is 0 Å². The van der Waals surface area contributed by atoms with Gasteiger partial charge in [0.2, 0.25) is 0 Å². The van der Waals surface area contributed by atoms with E-state index in [-0.39, 0.29) is 0 Å². The first-order valence-corrected chi connectivity index (χ1v) is 11.3. The highest BCUT2D eigenvalue weighted by atomic mass is 15.2. The van der Waals surface area contributed by atoms with Crippen molar-refractivity contribution in [2.24, 2.45) is 4.99 Å². The lowest BCUT2D eigenvalue weighted by molar-refractivity contribution is 0.206. The number of guanidine groups is 1. The van der Waals surface area contributed by atoms with Gasteiger partial charge in [0.05, 0.1) is 6.54 Å². The number of piperidine rings is 1. The lowest BCUT2D eigenvalue weighted by Crippen LogP contribution is -2.48. The fourth-order valence-corrected chi connectivity index (χ4v) is 3.76. The molecule has 28 heavy (non-hydrogen) atoms. The second-order valence-electron chi connectivity index (χ2n) is 7.73. The van der Waals surface area contributed by atoms with Crippen molar-refractivity contribution in [1.82, 2.24) is 20.4 Å². The van der Waals surface area contributed by atoms with E-state index in [0.717, 1.165) is 38.7 Å². The smallest absolute Gasteiger partial charge is 0.191 e. The van der Waals surface area contributed by atoms with Crippen LogP contribution in [0.15, 0.2) is 29.3 Å². The summed E-state index contributed by atoms with van der Waals surface area (Å²) in [5.41, 5.74) is 2.64. The van der Waals surface area contributed by atoms with E-state index >= 15 is 0 Å². The van der Waals surface area contributed by atoms with E-state index in [1.807, 2.05) is 0 Å². The van der Waals surface area contributed by atoms with Gasteiger partial charge < -0.3 is 15.5 Å². The van der Waals surface area contributed by atoms with Crippen molar-refractivity contribution in [1.29, 1.82) is 0 Å². The van der Waals surface area contributed by atoms with E-state index in [1.165, 1.54) is 50.0 Å². The molecule has 5 heteroatoms. The van der Waals surface area contributed by atoms with Crippen LogP contribution in [0.1, 0.15) is 58.1 Å². The molecule has 0 saturated carbocycles. The largest absolute Gasteiger partial charge is 0.357 e. The van der Waals surface area contributed by atoms with Gasteiger partial charge in [-0.1, -0.05) is 45.0 Å². The minimum Gasteiger partial charge on any atom is -0.357 e. The average molecular weight is 388 g/mol. The van der Waals surface area contributed by atoms with Crippen LogP contribution in [-0.4, -0.2) is 61.1 Å². The van der Waals surface area contributed by atoms with Crippen LogP contribution >= 0.6 is 0 Å². The molecule has 0 aromatic heterocycles. The maximum absolute atomic E-state index is 4.83. The highest BCUT2D eigenvalue weighted by Gasteiger charge is 2.19. The van der Waals surface area contributed by atoms with Gasteiger partial charge in [-0.2, -0.15) is 0 Å². The second kappa shape index (κ2) is 12.8. The molecular weight excluding hydrogens is 346 g/mol. The zero-order valence-electron chi connectivity index (χ0n) is 18.5. The molecule has 5 nitrogen and oxygen atoms in total. The van der Waals surface area contributed by atoms with Crippen LogP contribution in [0.2, 0.25) is 0 Å². The molecule has 1 aromatic rings. The second-order valence-corrected chi connectivity index (χ2v) is 7.73. The van der Waals surface area contributed by atoms with Crippen molar-refractivity contribution in [2.45, 2.75) is 66.1 Å². The summed E-state index contributed by atoms with van der Waals surface area (Å²) in [6.45, 7) is 17.3. The van der Waals surface area contributed by atoms with Crippen LogP contribution in [0.3, 0.4) is 0 Å². The molecule has 0 atom stereocenters. The lowest BCUT2D eigenvalue weighted by atomic mass is 10.1. The predicted octanol–water partition coefficient (Wildman–Crippen LogP) is 3.46. The Kier molecular flexibility index (Phi) is 10.4. The molecule has 1 aromatic carbocycles. The van der Waals surface area contributed by atoms with E-state index in [4.69, 9.17) is 4.99 Å². The Hall–Kier alpha value is -1.59. The Morgan fingerprint density at radius 2 is 1.68 bits per heavy atom. The number of nitrogens with zero attached hydrogens (tertiary/aromatic N) is 3. The molecule has 0 spiro atoms. The first-order chi connectivity index (χ1) is 13.7. The summed E-state index contributed by atoms with van der Waals surface area (Å²) in [5.74, 6) is 0.948. The van der Waals surface area contributed by atoms with Gasteiger partial charge in [-0.25, -0.2) is 4.99 Å². The van der Waals surface area contributed by atoms with Crippen LogP contribution in [0.4, 0.5) is 0 Å². The average Bonchev–Trinajstić information content (AvgIpc) is 2.73. The molecule has 0 radical (unpaired) electrons. The Bertz CT molecular complexity index is 557. The summed E-state index contributed by atoms with van der Waals surface area (Å²) >= 11 is 0. The van der Waals surface area contributed by atoms with Gasteiger partial charge in [0.15, 0.2) is 5.96 Å². The maximum atomic E-state index is 4.83. The maximum Gasteiger partial charge on any atom is 0.191 e. The number of aliphatic imine (C=N–C) groups is 1. The fraction of sp³-hybridized carbons (Fsp3) is 0.696. The fourth-order valence-electron chi connectivity index (χ4n) is 3.76. The normalized spacial score (nSPS) is 16.5. The summed E-state index contributed by atoms with van der Waals surface area (Å²) in [5, 5.41) is 7.06. The third kappa shape index (κ3) is 7.80. The van der Waals surface area contributed by atoms with Crippen LogP contribution < -0.4 is 10.6 Å². The van der Waals surface area contributed by atoms with Gasteiger partial charge in [-0.05, 0) is 56.9 Å². The molecule has 0 amide bonds. The van der Waals surface area contributed by atoms with Gasteiger partial charge in [-0.3, -0.25) is 4.90 Å². The van der Waals surface area contributed by atoms with Gasteiger partial charge in [-0.15, -0.1) is 0 Å². The SMILES string of the molecule is CCCN1CCC(NC(=NCc2ccc(CN(CC)CC)cc2)NCC)CC1. The molecule has 1 aliphatic rings. The predicted molar refractivity (Wildman–Crippen MR) is 121 cm³/mol. The van der Waals surface area contributed by atoms with Crippen molar-refractivity contribution < 1.29 is 0 Å². The van der Waals surface area contributed by atoms with E-state index < -0.39 is 0 Å². The van der Waals surface area contributed by atoms with Gasteiger partial charge >= 0.3 is 0 Å². The molecule has 1 fully saturated rings. The number of hydrogen-bond acceptors (Lipinski definition) is 3. The molecule has 0 aliphatic carbocycles. The standard InChI is InChI=1S/C23H41N5/c1-5-15-28-16-13-22(14-17-28)26-23(24-6-2)25-18-20-9-11-21(12-10-20)19-27(7-3)8-4/h9-12,22H,5-8,13-19H2,1-4H3,(H2,24,25,26). The summed E-state index contributed by atoms with van der Waals surface area (Å²) in [4.78, 5) is 9.83. The van der Waals surface area contributed by atoms with Gasteiger partial charge in [0, 0.05) is 32.2 Å². The number of nitrogens with one attached hydrogen (secondary N) is 2. The first kappa shape index (κ1) is 22.7. The Morgan fingerprint density at radius 3 is 2.25 bits per heavy atom. The van der Waals surface area contributed by atoms with Crippen LogP contribution in [0, 0.1) is 0 Å². The molecule has 1 aliphatic heterocycles. The van der Waals surface area contributed by atoms with E-state index in [2.05, 4.69) is 72.4 Å². The Balaban J connectivity index is 1.86. The van der Waals surface area contributed by atoms with Gasteiger partial charge in [0.1, 0.15) is 0 Å². The monoisotopic (exact) mass is 387 g/mol. The lowest BCUT2D eigenvalue weighted by Gasteiger charge is -2.32. The third-order valence-electron chi connectivity index (χ3n) is 5.56. The number of benzene rings is 1. The van der Waals surface area contributed by atoms with Crippen molar-refractivity contribution in [3.8, 4) is 0 Å². The number of hydrogen-bond donors (Lipinski definition) is 2. The molecule has 1 saturated heterocycles. The molecule has 1 heterocycles. The quantitative estimate of drug-likeness (QED) is 0.477. The van der Waals surface area contributed by atoms with E-state index in [1.54, 1.807) is 0 Å². The highest BCUT2D eigenvalue weighted by Crippen LogP contribution is 2.11. The van der Waals surface area contributed by atoms with Crippen molar-refractivity contribution in [3.63, 3.8) is 0 Å². The van der Waals surface area contributed by atoms with E-state index in [0.29, 0.717) is 6.04 Å². The minimum atomic E-state index is 0.530. The molecule has 0 bridgehead atoms. The van der Waals surface area contributed by atoms with Crippen LogP contribution in [-0.2, 0) is 13.1 Å². The Labute approximate surface area is 172 Å². The van der Waals surface area contributed by atoms with Crippen LogP contribution in [0.5, 0.6) is 0 Å². The molecule has 158 valence electrons. The summed E-state index contributed by atoms with van der Waals surface area (Å²) in [6, 6.07) is 9.45. The Morgan fingerprint density at radius 1 is 1.04 bits per heavy atom. The van der Waals surface area contributed by atoms with Crippen molar-refractivity contribution in [3.05, 3.63) is 35.4 Å². The summed E-state index contributed by atoms with van der Waals surface area (Å²) < 4.78 is 0. The molecule has 0 unspecified atom stereocenters. The summed E-state index contributed by atoms with van der Waals surface area (Å²) in [7, 11) is 0. The summed E-state index contributed by atoms with van der Waals surface area (Å²) in [6.07, 6.45) is 3.64. The molecular formula is C23H41N5. The van der Waals surface area contributed by atoms with Crippen molar-refractivity contribution in [2.75, 3.05) is 39.3 Å². The molecule has 2 N–H and O–H groups in total. The number of rotatable bonds is 10. The minimum absolute atomic E-state index is 0.530.